The lowest BCUT2D eigenvalue weighted by Gasteiger charge is -2.29. The predicted molar refractivity (Wildman–Crippen MR) is 114 cm³/mol. The number of carbonyl (C=O) groups excluding carboxylic acids is 2. The Hall–Kier alpha value is -3.06. The van der Waals surface area contributed by atoms with Crippen LogP contribution in [0.2, 0.25) is 0 Å². The maximum Gasteiger partial charge on any atom is 0.227 e. The fourth-order valence-corrected chi connectivity index (χ4v) is 4.26. The molecule has 4 rings (SSSR count). The van der Waals surface area contributed by atoms with Gasteiger partial charge in [-0.15, -0.1) is 11.8 Å². The van der Waals surface area contributed by atoms with Crippen LogP contribution < -0.4 is 10.2 Å². The largest absolute Gasteiger partial charge is 0.352 e. The first kappa shape index (κ1) is 19.3. The van der Waals surface area contributed by atoms with E-state index in [0.717, 1.165) is 27.6 Å². The Morgan fingerprint density at radius 2 is 1.86 bits per heavy atom. The molecule has 1 aromatic heterocycles. The van der Waals surface area contributed by atoms with Crippen molar-refractivity contribution in [1.29, 1.82) is 0 Å². The molecular formula is C22H22N4O2S. The number of nitrogens with zero attached hydrogens (tertiary/aromatic N) is 3. The molecule has 3 aromatic rings. The first-order valence-corrected chi connectivity index (χ1v) is 10.6. The second-order valence-corrected chi connectivity index (χ2v) is 7.89. The van der Waals surface area contributed by atoms with E-state index in [1.54, 1.807) is 27.5 Å². The number of benzene rings is 2. The number of aromatic nitrogens is 2. The van der Waals surface area contributed by atoms with Gasteiger partial charge in [-0.1, -0.05) is 24.3 Å². The van der Waals surface area contributed by atoms with Gasteiger partial charge in [-0.05, 0) is 35.9 Å². The van der Waals surface area contributed by atoms with Crippen LogP contribution in [0.15, 0.2) is 71.9 Å². The van der Waals surface area contributed by atoms with Crippen LogP contribution in [0.4, 0.5) is 5.69 Å². The first-order valence-electron chi connectivity index (χ1n) is 9.58. The van der Waals surface area contributed by atoms with Crippen molar-refractivity contribution in [2.24, 2.45) is 0 Å². The Bertz CT molecular complexity index is 986. The Kier molecular flexibility index (Phi) is 5.95. The minimum atomic E-state index is -0.117. The van der Waals surface area contributed by atoms with Crippen LogP contribution >= 0.6 is 11.8 Å². The standard InChI is InChI=1S/C22H22N4O2S/c27-21(23-16-17-6-8-18(9-7-17)26-13-3-12-24-26)10-11-22(28)25-14-15-29-20-5-2-1-4-19(20)25/h1-9,12-13H,10-11,14-16H2,(H,23,27). The van der Waals surface area contributed by atoms with Gasteiger partial charge < -0.3 is 10.2 Å². The molecule has 0 unspecified atom stereocenters. The lowest BCUT2D eigenvalue weighted by atomic mass is 10.2. The van der Waals surface area contributed by atoms with Crippen molar-refractivity contribution in [1.82, 2.24) is 15.1 Å². The van der Waals surface area contributed by atoms with Gasteiger partial charge in [0.15, 0.2) is 0 Å². The third-order valence-corrected chi connectivity index (χ3v) is 5.83. The zero-order valence-corrected chi connectivity index (χ0v) is 16.8. The van der Waals surface area contributed by atoms with Gasteiger partial charge in [0.2, 0.25) is 11.8 Å². The molecule has 0 bridgehead atoms. The fourth-order valence-electron chi connectivity index (χ4n) is 3.26. The molecule has 0 atom stereocenters. The highest BCUT2D eigenvalue weighted by molar-refractivity contribution is 7.99. The van der Waals surface area contributed by atoms with Gasteiger partial charge in [0.05, 0.1) is 11.4 Å². The normalized spacial score (nSPS) is 13.0. The molecule has 0 spiro atoms. The molecule has 0 saturated carbocycles. The van der Waals surface area contributed by atoms with Gasteiger partial charge in [0.25, 0.3) is 0 Å². The van der Waals surface area contributed by atoms with E-state index < -0.39 is 0 Å². The highest BCUT2D eigenvalue weighted by atomic mass is 32.2. The molecule has 0 radical (unpaired) electrons. The second-order valence-electron chi connectivity index (χ2n) is 6.76. The number of hydrogen-bond acceptors (Lipinski definition) is 4. The molecule has 1 aliphatic rings. The molecule has 0 fully saturated rings. The predicted octanol–water partition coefficient (Wildman–Crippen LogP) is 3.41. The van der Waals surface area contributed by atoms with E-state index in [0.29, 0.717) is 13.1 Å². The van der Waals surface area contributed by atoms with E-state index in [-0.39, 0.29) is 24.7 Å². The summed E-state index contributed by atoms with van der Waals surface area (Å²) < 4.78 is 1.78. The van der Waals surface area contributed by atoms with Crippen LogP contribution in [0.5, 0.6) is 0 Å². The Labute approximate surface area is 173 Å². The average molecular weight is 407 g/mol. The Morgan fingerprint density at radius 1 is 1.03 bits per heavy atom. The third-order valence-electron chi connectivity index (χ3n) is 4.79. The van der Waals surface area contributed by atoms with E-state index in [4.69, 9.17) is 0 Å². The highest BCUT2D eigenvalue weighted by Crippen LogP contribution is 2.34. The van der Waals surface area contributed by atoms with E-state index in [1.165, 1.54) is 0 Å². The summed E-state index contributed by atoms with van der Waals surface area (Å²) in [6.07, 6.45) is 4.02. The summed E-state index contributed by atoms with van der Waals surface area (Å²) in [4.78, 5) is 27.7. The smallest absolute Gasteiger partial charge is 0.227 e. The number of carbonyl (C=O) groups is 2. The summed E-state index contributed by atoms with van der Waals surface area (Å²) in [6, 6.07) is 17.6. The van der Waals surface area contributed by atoms with Crippen LogP contribution in [0.3, 0.4) is 0 Å². The molecule has 7 heteroatoms. The fraction of sp³-hybridized carbons (Fsp3) is 0.227. The minimum Gasteiger partial charge on any atom is -0.352 e. The zero-order chi connectivity index (χ0) is 20.1. The van der Waals surface area contributed by atoms with Crippen molar-refractivity contribution in [2.75, 3.05) is 17.2 Å². The SMILES string of the molecule is O=C(CCC(=O)N1CCSc2ccccc21)NCc1ccc(-n2cccn2)cc1. The minimum absolute atomic E-state index is 0.00326. The summed E-state index contributed by atoms with van der Waals surface area (Å²) in [6.45, 7) is 1.13. The van der Waals surface area contributed by atoms with Crippen molar-refractivity contribution >= 4 is 29.3 Å². The summed E-state index contributed by atoms with van der Waals surface area (Å²) >= 11 is 1.76. The molecule has 1 aliphatic heterocycles. The highest BCUT2D eigenvalue weighted by Gasteiger charge is 2.22. The molecule has 6 nitrogen and oxygen atoms in total. The second kappa shape index (κ2) is 8.96. The molecule has 29 heavy (non-hydrogen) atoms. The zero-order valence-electron chi connectivity index (χ0n) is 16.0. The molecule has 2 aromatic carbocycles. The molecule has 2 heterocycles. The lowest BCUT2D eigenvalue weighted by molar-refractivity contribution is -0.125. The van der Waals surface area contributed by atoms with Crippen molar-refractivity contribution in [3.05, 3.63) is 72.6 Å². The van der Waals surface area contributed by atoms with Crippen LogP contribution in [0.25, 0.3) is 5.69 Å². The molecular weight excluding hydrogens is 384 g/mol. The lowest BCUT2D eigenvalue weighted by Crippen LogP contribution is -2.36. The van der Waals surface area contributed by atoms with Crippen LogP contribution in [0.1, 0.15) is 18.4 Å². The number of nitrogens with one attached hydrogen (secondary N) is 1. The van der Waals surface area contributed by atoms with Crippen LogP contribution in [-0.2, 0) is 16.1 Å². The summed E-state index contributed by atoms with van der Waals surface area (Å²) in [5, 5.41) is 7.09. The number of fused-ring (bicyclic) bond motifs is 1. The molecule has 148 valence electrons. The number of thioether (sulfide) groups is 1. The van der Waals surface area contributed by atoms with Crippen molar-refractivity contribution in [3.8, 4) is 5.69 Å². The number of amides is 2. The topological polar surface area (TPSA) is 67.2 Å². The molecule has 0 aliphatic carbocycles. The van der Waals surface area contributed by atoms with Gasteiger partial charge in [-0.25, -0.2) is 4.68 Å². The maximum absolute atomic E-state index is 12.6. The van der Waals surface area contributed by atoms with Gasteiger partial charge >= 0.3 is 0 Å². The maximum atomic E-state index is 12.6. The monoisotopic (exact) mass is 406 g/mol. The van der Waals surface area contributed by atoms with Gasteiger partial charge in [-0.2, -0.15) is 5.10 Å². The van der Waals surface area contributed by atoms with Gasteiger partial charge in [0, 0.05) is 49.0 Å². The number of hydrogen-bond donors (Lipinski definition) is 1. The number of para-hydroxylation sites is 1. The van der Waals surface area contributed by atoms with Crippen LogP contribution in [-0.4, -0.2) is 33.9 Å². The van der Waals surface area contributed by atoms with E-state index >= 15 is 0 Å². The van der Waals surface area contributed by atoms with Crippen molar-refractivity contribution in [2.45, 2.75) is 24.3 Å². The molecule has 2 amide bonds. The van der Waals surface area contributed by atoms with Crippen molar-refractivity contribution < 1.29 is 9.59 Å². The average Bonchev–Trinajstić information content (AvgIpc) is 3.31. The summed E-state index contributed by atoms with van der Waals surface area (Å²) in [5.41, 5.74) is 2.92. The number of anilines is 1. The van der Waals surface area contributed by atoms with Crippen molar-refractivity contribution in [3.63, 3.8) is 0 Å². The third kappa shape index (κ3) is 4.68. The summed E-state index contributed by atoms with van der Waals surface area (Å²) in [5.74, 6) is 0.759. The van der Waals surface area contributed by atoms with E-state index in [9.17, 15) is 9.59 Å². The van der Waals surface area contributed by atoms with Gasteiger partial charge in [-0.3, -0.25) is 9.59 Å². The first-order chi connectivity index (χ1) is 14.2. The Morgan fingerprint density at radius 3 is 2.66 bits per heavy atom. The summed E-state index contributed by atoms with van der Waals surface area (Å²) in [7, 11) is 0. The Balaban J connectivity index is 1.26. The van der Waals surface area contributed by atoms with Crippen LogP contribution in [0, 0.1) is 0 Å². The van der Waals surface area contributed by atoms with E-state index in [1.807, 2.05) is 60.8 Å². The van der Waals surface area contributed by atoms with E-state index in [2.05, 4.69) is 10.4 Å². The molecule has 0 saturated heterocycles. The van der Waals surface area contributed by atoms with Gasteiger partial charge in [0.1, 0.15) is 0 Å². The number of rotatable bonds is 6. The quantitative estimate of drug-likeness (QED) is 0.681. The molecule has 1 N–H and O–H groups in total.